The summed E-state index contributed by atoms with van der Waals surface area (Å²) >= 11 is 0. The zero-order chi connectivity index (χ0) is 14.7. The fourth-order valence-corrected chi connectivity index (χ4v) is 4.25. The number of methoxy groups -OCH3 is 1. The minimum Gasteiger partial charge on any atom is -0.468 e. The lowest BCUT2D eigenvalue weighted by Gasteiger charge is -2.33. The van der Waals surface area contributed by atoms with Crippen LogP contribution >= 0.6 is 0 Å². The average molecular weight is 291 g/mol. The van der Waals surface area contributed by atoms with Crippen molar-refractivity contribution in [1.82, 2.24) is 4.31 Å². The summed E-state index contributed by atoms with van der Waals surface area (Å²) in [6.07, 6.45) is 2.81. The molecule has 6 heteroatoms. The Labute approximate surface area is 116 Å². The zero-order valence-electron chi connectivity index (χ0n) is 12.3. The van der Waals surface area contributed by atoms with E-state index in [-0.39, 0.29) is 11.2 Å². The van der Waals surface area contributed by atoms with Gasteiger partial charge in [0.05, 0.1) is 12.9 Å². The van der Waals surface area contributed by atoms with E-state index in [9.17, 15) is 13.2 Å². The van der Waals surface area contributed by atoms with Crippen LogP contribution < -0.4 is 0 Å². The summed E-state index contributed by atoms with van der Waals surface area (Å²) in [5.74, 6) is -0.358. The lowest BCUT2D eigenvalue weighted by Crippen LogP contribution is -2.49. The molecule has 0 radical (unpaired) electrons. The molecule has 1 atom stereocenters. The predicted molar refractivity (Wildman–Crippen MR) is 74.2 cm³/mol. The first-order chi connectivity index (χ1) is 8.67. The van der Waals surface area contributed by atoms with Crippen LogP contribution in [0.3, 0.4) is 0 Å². The Hall–Kier alpha value is -0.620. The summed E-state index contributed by atoms with van der Waals surface area (Å²) in [6.45, 7) is 6.45. The van der Waals surface area contributed by atoms with Crippen molar-refractivity contribution in [3.8, 4) is 0 Å². The second-order valence-electron chi connectivity index (χ2n) is 6.27. The summed E-state index contributed by atoms with van der Waals surface area (Å²) in [5.41, 5.74) is -0.0381. The van der Waals surface area contributed by atoms with Gasteiger partial charge >= 0.3 is 5.97 Å². The fraction of sp³-hybridized carbons (Fsp3) is 0.923. The van der Waals surface area contributed by atoms with Gasteiger partial charge in [0.15, 0.2) is 0 Å². The van der Waals surface area contributed by atoms with Crippen molar-refractivity contribution in [2.45, 2.75) is 52.5 Å². The van der Waals surface area contributed by atoms with Crippen LogP contribution in [0.5, 0.6) is 0 Å². The minimum absolute atomic E-state index is 0.0381. The molecule has 0 N–H and O–H groups in total. The van der Waals surface area contributed by atoms with E-state index in [1.165, 1.54) is 11.4 Å². The molecule has 112 valence electrons. The highest BCUT2D eigenvalue weighted by Crippen LogP contribution is 2.25. The van der Waals surface area contributed by atoms with E-state index >= 15 is 0 Å². The summed E-state index contributed by atoms with van der Waals surface area (Å²) in [4.78, 5) is 11.7. The number of rotatable bonds is 4. The third-order valence-corrected chi connectivity index (χ3v) is 5.27. The third kappa shape index (κ3) is 4.76. The molecule has 0 aromatic carbocycles. The lowest BCUT2D eigenvalue weighted by atomic mass is 9.94. The first kappa shape index (κ1) is 16.4. The normalized spacial score (nSPS) is 22.2. The van der Waals surface area contributed by atoms with Gasteiger partial charge in [-0.1, -0.05) is 20.8 Å². The molecule has 0 amide bonds. The zero-order valence-corrected chi connectivity index (χ0v) is 13.1. The maximum absolute atomic E-state index is 12.4. The van der Waals surface area contributed by atoms with Crippen molar-refractivity contribution in [3.05, 3.63) is 0 Å². The Balaban J connectivity index is 2.81. The van der Waals surface area contributed by atoms with Crippen molar-refractivity contribution >= 4 is 16.0 Å². The van der Waals surface area contributed by atoms with Gasteiger partial charge in [-0.05, 0) is 31.1 Å². The summed E-state index contributed by atoms with van der Waals surface area (Å²) in [5, 5.41) is 0. The van der Waals surface area contributed by atoms with Crippen LogP contribution in [0, 0.1) is 5.41 Å². The molecule has 0 aliphatic carbocycles. The van der Waals surface area contributed by atoms with Crippen LogP contribution in [-0.2, 0) is 19.6 Å². The maximum Gasteiger partial charge on any atom is 0.324 e. The van der Waals surface area contributed by atoms with Gasteiger partial charge in [0.1, 0.15) is 6.04 Å². The van der Waals surface area contributed by atoms with E-state index in [1.54, 1.807) is 0 Å². The van der Waals surface area contributed by atoms with Gasteiger partial charge < -0.3 is 4.74 Å². The minimum atomic E-state index is -3.39. The number of carbonyl (C=O) groups is 1. The Morgan fingerprint density at radius 2 is 1.95 bits per heavy atom. The highest BCUT2D eigenvalue weighted by Gasteiger charge is 2.37. The molecule has 0 bridgehead atoms. The lowest BCUT2D eigenvalue weighted by molar-refractivity contribution is -0.146. The number of ether oxygens (including phenoxy) is 1. The number of hydrogen-bond donors (Lipinski definition) is 0. The number of esters is 1. The number of nitrogens with zero attached hydrogens (tertiary/aromatic N) is 1. The van der Waals surface area contributed by atoms with Gasteiger partial charge in [0, 0.05) is 6.54 Å². The average Bonchev–Trinajstić information content (AvgIpc) is 2.35. The van der Waals surface area contributed by atoms with Gasteiger partial charge in [0.2, 0.25) is 10.0 Å². The van der Waals surface area contributed by atoms with E-state index in [1.807, 2.05) is 20.8 Å². The molecule has 0 spiro atoms. The largest absolute Gasteiger partial charge is 0.468 e. The van der Waals surface area contributed by atoms with Crippen molar-refractivity contribution in [3.63, 3.8) is 0 Å². The molecule has 1 aliphatic heterocycles. The van der Waals surface area contributed by atoms with Crippen LogP contribution in [0.4, 0.5) is 0 Å². The van der Waals surface area contributed by atoms with Crippen molar-refractivity contribution < 1.29 is 17.9 Å². The summed E-state index contributed by atoms with van der Waals surface area (Å²) in [7, 11) is -2.09. The molecule has 1 fully saturated rings. The van der Waals surface area contributed by atoms with Crippen LogP contribution in [0.15, 0.2) is 0 Å². The first-order valence-corrected chi connectivity index (χ1v) is 8.36. The number of piperidine rings is 1. The Morgan fingerprint density at radius 3 is 2.47 bits per heavy atom. The van der Waals surface area contributed by atoms with E-state index in [0.717, 1.165) is 12.8 Å². The molecule has 1 rings (SSSR count). The van der Waals surface area contributed by atoms with Crippen LogP contribution in [-0.4, -0.2) is 44.1 Å². The molecule has 0 aromatic rings. The van der Waals surface area contributed by atoms with E-state index in [2.05, 4.69) is 0 Å². The van der Waals surface area contributed by atoms with Crippen molar-refractivity contribution in [1.29, 1.82) is 0 Å². The number of sulfonamides is 1. The molecule has 1 heterocycles. The highest BCUT2D eigenvalue weighted by molar-refractivity contribution is 7.89. The van der Waals surface area contributed by atoms with Crippen molar-refractivity contribution in [2.24, 2.45) is 5.41 Å². The molecule has 19 heavy (non-hydrogen) atoms. The molecule has 0 saturated carbocycles. The monoisotopic (exact) mass is 291 g/mol. The Bertz CT molecular complexity index is 411. The fourth-order valence-electron chi connectivity index (χ4n) is 2.16. The van der Waals surface area contributed by atoms with E-state index in [4.69, 9.17) is 4.74 Å². The predicted octanol–water partition coefficient (Wildman–Crippen LogP) is 1.78. The summed E-state index contributed by atoms with van der Waals surface area (Å²) in [6, 6.07) is -0.635. The van der Waals surface area contributed by atoms with Gasteiger partial charge in [-0.15, -0.1) is 0 Å². The molecule has 0 aromatic heterocycles. The van der Waals surface area contributed by atoms with Gasteiger partial charge in [-0.3, -0.25) is 4.79 Å². The topological polar surface area (TPSA) is 63.7 Å². The Kier molecular flexibility index (Phi) is 5.38. The third-order valence-electron chi connectivity index (χ3n) is 3.39. The second-order valence-corrected chi connectivity index (χ2v) is 8.31. The molecular weight excluding hydrogens is 266 g/mol. The molecule has 1 aliphatic rings. The standard InChI is InChI=1S/C13H25NO4S/c1-13(2,3)8-10-19(16,17)14-9-6-5-7-11(14)12(15)18-4/h11H,5-10H2,1-4H3/t11-/m1/s1. The van der Waals surface area contributed by atoms with Gasteiger partial charge in [0.25, 0.3) is 0 Å². The Morgan fingerprint density at radius 1 is 1.32 bits per heavy atom. The second kappa shape index (κ2) is 6.22. The molecule has 0 unspecified atom stereocenters. The van der Waals surface area contributed by atoms with Gasteiger partial charge in [-0.25, -0.2) is 8.42 Å². The molecule has 1 saturated heterocycles. The first-order valence-electron chi connectivity index (χ1n) is 6.75. The number of carbonyl (C=O) groups excluding carboxylic acids is 1. The molecule has 5 nitrogen and oxygen atoms in total. The SMILES string of the molecule is COC(=O)[C@H]1CCCCN1S(=O)(=O)CCC(C)(C)C. The smallest absolute Gasteiger partial charge is 0.324 e. The highest BCUT2D eigenvalue weighted by atomic mass is 32.2. The van der Waals surface area contributed by atoms with E-state index < -0.39 is 22.0 Å². The number of hydrogen-bond acceptors (Lipinski definition) is 4. The van der Waals surface area contributed by atoms with Crippen molar-refractivity contribution in [2.75, 3.05) is 19.4 Å². The van der Waals surface area contributed by atoms with Crippen LogP contribution in [0.1, 0.15) is 46.5 Å². The summed E-state index contributed by atoms with van der Waals surface area (Å²) < 4.78 is 30.8. The molecular formula is C13H25NO4S. The van der Waals surface area contributed by atoms with E-state index in [0.29, 0.717) is 19.4 Å². The van der Waals surface area contributed by atoms with Gasteiger partial charge in [-0.2, -0.15) is 4.31 Å². The van der Waals surface area contributed by atoms with Crippen LogP contribution in [0.25, 0.3) is 0 Å². The quantitative estimate of drug-likeness (QED) is 0.741. The van der Waals surface area contributed by atoms with Crippen LogP contribution in [0.2, 0.25) is 0 Å². The maximum atomic E-state index is 12.4.